The Balaban J connectivity index is 0.00000280. The molecule has 0 saturated carbocycles. The van der Waals surface area contributed by atoms with Gasteiger partial charge in [-0.05, 0) is 62.8 Å². The summed E-state index contributed by atoms with van der Waals surface area (Å²) in [6, 6.07) is 3.91. The average Bonchev–Trinajstić information content (AvgIpc) is 2.71. The highest BCUT2D eigenvalue weighted by Crippen LogP contribution is 2.30. The largest absolute Gasteiger partial charge is 0.508 e. The molecule has 1 aliphatic heterocycles. The summed E-state index contributed by atoms with van der Waals surface area (Å²) in [7, 11) is 0. The van der Waals surface area contributed by atoms with Gasteiger partial charge in [0.25, 0.3) is 0 Å². The third-order valence-corrected chi connectivity index (χ3v) is 5.41. The number of morpholine rings is 1. The van der Waals surface area contributed by atoms with Gasteiger partial charge in [0.05, 0.1) is 19.8 Å². The number of hydrogen-bond acceptors (Lipinski definition) is 4. The molecule has 6 nitrogen and oxygen atoms in total. The van der Waals surface area contributed by atoms with E-state index < -0.39 is 0 Å². The van der Waals surface area contributed by atoms with Crippen LogP contribution in [-0.4, -0.2) is 61.9 Å². The zero-order chi connectivity index (χ0) is 18.9. The Morgan fingerprint density at radius 2 is 1.96 bits per heavy atom. The van der Waals surface area contributed by atoms with Crippen molar-refractivity contribution in [1.82, 2.24) is 15.5 Å². The molecule has 0 aromatic heterocycles. The lowest BCUT2D eigenvalue weighted by Crippen LogP contribution is -2.40. The minimum atomic E-state index is 0. The number of aliphatic imine (C=N–C) groups is 1. The van der Waals surface area contributed by atoms with Crippen LogP contribution in [0.2, 0.25) is 0 Å². The highest BCUT2D eigenvalue weighted by atomic mass is 127. The highest BCUT2D eigenvalue weighted by Gasteiger charge is 2.16. The van der Waals surface area contributed by atoms with Crippen LogP contribution >= 0.6 is 24.0 Å². The number of nitrogens with zero attached hydrogens (tertiary/aromatic N) is 2. The van der Waals surface area contributed by atoms with Crippen molar-refractivity contribution in [3.8, 4) is 5.75 Å². The van der Waals surface area contributed by atoms with E-state index in [-0.39, 0.29) is 24.0 Å². The minimum absolute atomic E-state index is 0. The topological polar surface area (TPSA) is 69.1 Å². The van der Waals surface area contributed by atoms with Gasteiger partial charge in [-0.2, -0.15) is 0 Å². The fourth-order valence-electron chi connectivity index (χ4n) is 3.90. The second-order valence-electron chi connectivity index (χ2n) is 7.34. The number of guanidine groups is 1. The molecule has 0 radical (unpaired) electrons. The molecule has 0 atom stereocenters. The number of fused-ring (bicyclic) bond motifs is 1. The number of benzene rings is 1. The smallest absolute Gasteiger partial charge is 0.191 e. The zero-order valence-electron chi connectivity index (χ0n) is 17.0. The SMILES string of the molecule is CCNC(=NCc1c(O)ccc2c1CCCC2)NCCCN1CCOCC1.I. The summed E-state index contributed by atoms with van der Waals surface area (Å²) < 4.78 is 5.39. The molecule has 3 rings (SSSR count). The summed E-state index contributed by atoms with van der Waals surface area (Å²) in [5, 5.41) is 17.1. The Bertz CT molecular complexity index is 633. The average molecular weight is 502 g/mol. The van der Waals surface area contributed by atoms with Gasteiger partial charge in [0, 0.05) is 31.7 Å². The molecule has 0 unspecified atom stereocenters. The Morgan fingerprint density at radius 3 is 2.75 bits per heavy atom. The number of ether oxygens (including phenoxy) is 1. The number of nitrogens with one attached hydrogen (secondary N) is 2. The summed E-state index contributed by atoms with van der Waals surface area (Å²) in [6.45, 7) is 9.17. The lowest BCUT2D eigenvalue weighted by atomic mass is 9.88. The van der Waals surface area contributed by atoms with Crippen LogP contribution < -0.4 is 10.6 Å². The Kier molecular flexibility index (Phi) is 10.4. The van der Waals surface area contributed by atoms with Crippen LogP contribution in [-0.2, 0) is 24.1 Å². The van der Waals surface area contributed by atoms with E-state index in [1.807, 2.05) is 6.07 Å². The van der Waals surface area contributed by atoms with Crippen molar-refractivity contribution in [2.45, 2.75) is 45.6 Å². The van der Waals surface area contributed by atoms with Crippen LogP contribution in [0.25, 0.3) is 0 Å². The lowest BCUT2D eigenvalue weighted by molar-refractivity contribution is 0.0376. The minimum Gasteiger partial charge on any atom is -0.508 e. The first-order valence-corrected chi connectivity index (χ1v) is 10.4. The van der Waals surface area contributed by atoms with Gasteiger partial charge in [-0.3, -0.25) is 4.90 Å². The predicted molar refractivity (Wildman–Crippen MR) is 125 cm³/mol. The molecule has 1 fully saturated rings. The van der Waals surface area contributed by atoms with Crippen molar-refractivity contribution in [2.75, 3.05) is 45.9 Å². The molecule has 1 aromatic carbocycles. The zero-order valence-corrected chi connectivity index (χ0v) is 19.3. The quantitative estimate of drug-likeness (QED) is 0.232. The Morgan fingerprint density at radius 1 is 1.18 bits per heavy atom. The van der Waals surface area contributed by atoms with Gasteiger partial charge in [0.1, 0.15) is 5.75 Å². The van der Waals surface area contributed by atoms with Crippen LogP contribution in [0.15, 0.2) is 17.1 Å². The molecule has 0 bridgehead atoms. The number of phenols is 1. The molecule has 1 aliphatic carbocycles. The van der Waals surface area contributed by atoms with E-state index >= 15 is 0 Å². The van der Waals surface area contributed by atoms with E-state index in [4.69, 9.17) is 9.73 Å². The predicted octanol–water partition coefficient (Wildman–Crippen LogP) is 2.67. The van der Waals surface area contributed by atoms with Crippen LogP contribution in [0.5, 0.6) is 5.75 Å². The Labute approximate surface area is 186 Å². The first kappa shape index (κ1) is 23.2. The third kappa shape index (κ3) is 6.77. The van der Waals surface area contributed by atoms with Gasteiger partial charge >= 0.3 is 0 Å². The van der Waals surface area contributed by atoms with Gasteiger partial charge in [0.15, 0.2) is 5.96 Å². The third-order valence-electron chi connectivity index (χ3n) is 5.41. The summed E-state index contributed by atoms with van der Waals surface area (Å²) >= 11 is 0. The normalized spacial score (nSPS) is 17.5. The molecular formula is C21H35IN4O2. The monoisotopic (exact) mass is 502 g/mol. The van der Waals surface area contributed by atoms with Crippen molar-refractivity contribution in [1.29, 1.82) is 0 Å². The fourth-order valence-corrected chi connectivity index (χ4v) is 3.90. The highest BCUT2D eigenvalue weighted by molar-refractivity contribution is 14.0. The summed E-state index contributed by atoms with van der Waals surface area (Å²) in [5.74, 6) is 1.20. The standard InChI is InChI=1S/C21H34N4O2.HI/c1-2-22-21(23-10-5-11-25-12-14-27-15-13-25)24-16-19-18-7-4-3-6-17(18)8-9-20(19)26;/h8-9,26H,2-7,10-16H2,1H3,(H2,22,23,24);1H. The van der Waals surface area contributed by atoms with E-state index in [0.29, 0.717) is 12.3 Å². The Hall–Kier alpha value is -1.06. The van der Waals surface area contributed by atoms with E-state index in [0.717, 1.165) is 76.7 Å². The van der Waals surface area contributed by atoms with Gasteiger partial charge in [-0.15, -0.1) is 24.0 Å². The van der Waals surface area contributed by atoms with Crippen molar-refractivity contribution in [3.05, 3.63) is 28.8 Å². The van der Waals surface area contributed by atoms with Crippen LogP contribution in [0.4, 0.5) is 0 Å². The van der Waals surface area contributed by atoms with Gasteiger partial charge < -0.3 is 20.5 Å². The summed E-state index contributed by atoms with van der Waals surface area (Å²) in [5.41, 5.74) is 3.69. The van der Waals surface area contributed by atoms with Crippen molar-refractivity contribution < 1.29 is 9.84 Å². The number of aryl methyl sites for hydroxylation is 1. The number of phenolic OH excluding ortho intramolecular Hbond substituents is 1. The summed E-state index contributed by atoms with van der Waals surface area (Å²) in [4.78, 5) is 7.19. The maximum Gasteiger partial charge on any atom is 0.191 e. The molecule has 7 heteroatoms. The van der Waals surface area contributed by atoms with E-state index in [9.17, 15) is 5.11 Å². The molecule has 158 valence electrons. The van der Waals surface area contributed by atoms with Crippen molar-refractivity contribution in [3.63, 3.8) is 0 Å². The van der Waals surface area contributed by atoms with Gasteiger partial charge in [0.2, 0.25) is 0 Å². The second-order valence-corrected chi connectivity index (χ2v) is 7.34. The molecule has 1 aromatic rings. The van der Waals surface area contributed by atoms with Crippen LogP contribution in [0.3, 0.4) is 0 Å². The van der Waals surface area contributed by atoms with Gasteiger partial charge in [-0.1, -0.05) is 6.07 Å². The number of rotatable bonds is 7. The first-order chi connectivity index (χ1) is 13.3. The second kappa shape index (κ2) is 12.5. The van der Waals surface area contributed by atoms with Crippen LogP contribution in [0, 0.1) is 0 Å². The summed E-state index contributed by atoms with van der Waals surface area (Å²) in [6.07, 6.45) is 5.70. The molecule has 0 amide bonds. The molecule has 1 heterocycles. The number of hydrogen-bond donors (Lipinski definition) is 3. The van der Waals surface area contributed by atoms with E-state index in [1.165, 1.54) is 24.0 Å². The molecule has 3 N–H and O–H groups in total. The fraction of sp³-hybridized carbons (Fsp3) is 0.667. The lowest BCUT2D eigenvalue weighted by Gasteiger charge is -2.26. The molecular weight excluding hydrogens is 467 g/mol. The maximum absolute atomic E-state index is 10.3. The first-order valence-electron chi connectivity index (χ1n) is 10.4. The molecule has 2 aliphatic rings. The van der Waals surface area contributed by atoms with E-state index in [1.54, 1.807) is 0 Å². The van der Waals surface area contributed by atoms with Crippen molar-refractivity contribution in [2.24, 2.45) is 4.99 Å². The molecule has 28 heavy (non-hydrogen) atoms. The molecule has 0 spiro atoms. The number of aromatic hydroxyl groups is 1. The van der Waals surface area contributed by atoms with Gasteiger partial charge in [-0.25, -0.2) is 4.99 Å². The van der Waals surface area contributed by atoms with E-state index in [2.05, 4.69) is 28.5 Å². The maximum atomic E-state index is 10.3. The number of halogens is 1. The van der Waals surface area contributed by atoms with Crippen molar-refractivity contribution >= 4 is 29.9 Å². The molecule has 1 saturated heterocycles. The van der Waals surface area contributed by atoms with Crippen LogP contribution in [0.1, 0.15) is 42.9 Å².